The summed E-state index contributed by atoms with van der Waals surface area (Å²) in [6, 6.07) is -0.729. The Bertz CT molecular complexity index is 311. The van der Waals surface area contributed by atoms with Crippen LogP contribution in [0.3, 0.4) is 0 Å². The molecule has 0 aliphatic heterocycles. The third kappa shape index (κ3) is 8.77. The number of nitrogens with two attached hydrogens (primary N) is 1. The normalized spacial score (nSPS) is 14.0. The quantitative estimate of drug-likeness (QED) is 0.288. The highest BCUT2D eigenvalue weighted by atomic mass is 16.5. The lowest BCUT2D eigenvalue weighted by atomic mass is 10.0. The van der Waals surface area contributed by atoms with Gasteiger partial charge in [0.25, 0.3) is 0 Å². The maximum absolute atomic E-state index is 12.1. The highest BCUT2D eigenvalue weighted by Gasteiger charge is 2.24. The van der Waals surface area contributed by atoms with Crippen molar-refractivity contribution in [2.75, 3.05) is 27.1 Å². The van der Waals surface area contributed by atoms with Crippen LogP contribution in [0.25, 0.3) is 0 Å². The lowest BCUT2D eigenvalue weighted by Gasteiger charge is -2.23. The summed E-state index contributed by atoms with van der Waals surface area (Å²) in [5.41, 5.74) is 5.19. The maximum Gasteiger partial charge on any atom is 0.237 e. The van der Waals surface area contributed by atoms with E-state index in [9.17, 15) is 9.59 Å². The Morgan fingerprint density at radius 3 is 2.43 bits per heavy atom. The Balaban J connectivity index is 4.18. The molecule has 0 saturated carbocycles. The molecule has 7 nitrogen and oxygen atoms in total. The summed E-state index contributed by atoms with van der Waals surface area (Å²) in [6.07, 6.45) is 1.37. The van der Waals surface area contributed by atoms with Crippen LogP contribution in [0.15, 0.2) is 0 Å². The number of likely N-dealkylation sites (N-methyl/N-ethyl adjacent to an activating group) is 1. The number of rotatable bonds is 12. The fourth-order valence-electron chi connectivity index (χ4n) is 2.04. The standard InChI is InChI=1S/C14H30N4O3/c1-10(2)13(16-4)14(20)18-12(11(3)19)6-5-7-17-9-21-8-15/h10,12-13,16-17H,5-9,15H2,1-4H3,(H,18,20). The number of ether oxygens (including phenoxy) is 1. The van der Waals surface area contributed by atoms with Crippen LogP contribution in [0, 0.1) is 5.92 Å². The van der Waals surface area contributed by atoms with E-state index in [1.807, 2.05) is 13.8 Å². The number of Topliss-reactive ketones (excluding diaryl/α,β-unsaturated/α-hetero) is 1. The van der Waals surface area contributed by atoms with Gasteiger partial charge in [0.05, 0.1) is 25.5 Å². The molecule has 0 aromatic rings. The molecule has 0 aliphatic carbocycles. The van der Waals surface area contributed by atoms with Gasteiger partial charge in [0, 0.05) is 0 Å². The van der Waals surface area contributed by atoms with Crippen molar-refractivity contribution >= 4 is 11.7 Å². The van der Waals surface area contributed by atoms with Crippen LogP contribution in [0.5, 0.6) is 0 Å². The number of carbonyl (C=O) groups is 2. The zero-order chi connectivity index (χ0) is 16.3. The molecule has 7 heteroatoms. The summed E-state index contributed by atoms with van der Waals surface area (Å²) in [6.45, 7) is 6.71. The van der Waals surface area contributed by atoms with Crippen molar-refractivity contribution in [1.29, 1.82) is 0 Å². The molecule has 124 valence electrons. The van der Waals surface area contributed by atoms with Gasteiger partial charge in [-0.15, -0.1) is 0 Å². The number of nitrogens with one attached hydrogen (secondary N) is 3. The minimum absolute atomic E-state index is 0.0276. The molecule has 0 radical (unpaired) electrons. The zero-order valence-corrected chi connectivity index (χ0v) is 13.6. The highest BCUT2D eigenvalue weighted by molar-refractivity contribution is 5.89. The van der Waals surface area contributed by atoms with E-state index in [-0.39, 0.29) is 30.4 Å². The molecular formula is C14H30N4O3. The van der Waals surface area contributed by atoms with Crippen molar-refractivity contribution in [1.82, 2.24) is 16.0 Å². The van der Waals surface area contributed by atoms with Crippen molar-refractivity contribution in [2.24, 2.45) is 11.7 Å². The number of ketones is 1. The Morgan fingerprint density at radius 1 is 1.29 bits per heavy atom. The highest BCUT2D eigenvalue weighted by Crippen LogP contribution is 2.04. The average Bonchev–Trinajstić information content (AvgIpc) is 2.41. The Hall–Kier alpha value is -1.02. The van der Waals surface area contributed by atoms with Crippen LogP contribution in [0.2, 0.25) is 0 Å². The lowest BCUT2D eigenvalue weighted by molar-refractivity contribution is -0.129. The first-order valence-corrected chi connectivity index (χ1v) is 7.40. The van der Waals surface area contributed by atoms with Gasteiger partial charge >= 0.3 is 0 Å². The second-order valence-electron chi connectivity index (χ2n) is 5.34. The molecule has 1 amide bonds. The summed E-state index contributed by atoms with van der Waals surface area (Å²) in [7, 11) is 1.74. The van der Waals surface area contributed by atoms with Crippen LogP contribution >= 0.6 is 0 Å². The molecule has 0 rings (SSSR count). The van der Waals surface area contributed by atoms with E-state index in [0.29, 0.717) is 19.7 Å². The topological polar surface area (TPSA) is 105 Å². The van der Waals surface area contributed by atoms with Crippen LogP contribution in [0.4, 0.5) is 0 Å². The number of carbonyl (C=O) groups excluding carboxylic acids is 2. The second-order valence-corrected chi connectivity index (χ2v) is 5.34. The molecule has 2 atom stereocenters. The van der Waals surface area contributed by atoms with Gasteiger partial charge in [-0.2, -0.15) is 0 Å². The van der Waals surface area contributed by atoms with E-state index >= 15 is 0 Å². The van der Waals surface area contributed by atoms with Gasteiger partial charge in [0.15, 0.2) is 5.78 Å². The molecule has 0 aliphatic rings. The molecule has 0 aromatic carbocycles. The van der Waals surface area contributed by atoms with E-state index in [1.165, 1.54) is 6.92 Å². The van der Waals surface area contributed by atoms with E-state index < -0.39 is 6.04 Å². The van der Waals surface area contributed by atoms with Crippen LogP contribution in [0.1, 0.15) is 33.6 Å². The Labute approximate surface area is 127 Å². The summed E-state index contributed by atoms with van der Waals surface area (Å²) < 4.78 is 4.95. The van der Waals surface area contributed by atoms with Gasteiger partial charge in [-0.05, 0) is 39.3 Å². The first-order chi connectivity index (χ1) is 9.93. The van der Waals surface area contributed by atoms with Crippen molar-refractivity contribution in [3.05, 3.63) is 0 Å². The first-order valence-electron chi connectivity index (χ1n) is 7.40. The van der Waals surface area contributed by atoms with Gasteiger partial charge in [-0.3, -0.25) is 14.9 Å². The Morgan fingerprint density at radius 2 is 1.95 bits per heavy atom. The molecule has 0 saturated heterocycles. The largest absolute Gasteiger partial charge is 0.351 e. The molecule has 0 aromatic heterocycles. The van der Waals surface area contributed by atoms with E-state index in [0.717, 1.165) is 6.42 Å². The van der Waals surface area contributed by atoms with Gasteiger partial charge in [0.1, 0.15) is 0 Å². The SMILES string of the molecule is CNC(C(=O)NC(CCCNCOCN)C(C)=O)C(C)C. The number of hydrogen-bond donors (Lipinski definition) is 4. The van der Waals surface area contributed by atoms with Crippen LogP contribution < -0.4 is 21.7 Å². The minimum atomic E-state index is -0.440. The van der Waals surface area contributed by atoms with Crippen molar-refractivity contribution in [2.45, 2.75) is 45.7 Å². The number of amides is 1. The van der Waals surface area contributed by atoms with Gasteiger partial charge < -0.3 is 21.1 Å². The molecular weight excluding hydrogens is 272 g/mol. The molecule has 21 heavy (non-hydrogen) atoms. The fourth-order valence-corrected chi connectivity index (χ4v) is 2.04. The van der Waals surface area contributed by atoms with E-state index in [1.54, 1.807) is 7.05 Å². The number of hydrogen-bond acceptors (Lipinski definition) is 6. The molecule has 5 N–H and O–H groups in total. The predicted octanol–water partition coefficient (Wildman–Crippen LogP) is -0.436. The van der Waals surface area contributed by atoms with Gasteiger partial charge in [-0.1, -0.05) is 13.8 Å². The second kappa shape index (κ2) is 11.6. The maximum atomic E-state index is 12.1. The van der Waals surface area contributed by atoms with Crippen molar-refractivity contribution in [3.8, 4) is 0 Å². The lowest BCUT2D eigenvalue weighted by Crippen LogP contribution is -2.51. The summed E-state index contributed by atoms with van der Waals surface area (Å²) in [5, 5.41) is 8.84. The van der Waals surface area contributed by atoms with Crippen LogP contribution in [-0.4, -0.2) is 50.8 Å². The Kier molecular flexibility index (Phi) is 11.1. The molecule has 2 unspecified atom stereocenters. The zero-order valence-electron chi connectivity index (χ0n) is 13.6. The minimum Gasteiger partial charge on any atom is -0.351 e. The van der Waals surface area contributed by atoms with Crippen molar-refractivity contribution < 1.29 is 14.3 Å². The monoisotopic (exact) mass is 302 g/mol. The first kappa shape index (κ1) is 20.0. The summed E-state index contributed by atoms with van der Waals surface area (Å²) in [4.78, 5) is 23.8. The van der Waals surface area contributed by atoms with Gasteiger partial charge in [-0.25, -0.2) is 0 Å². The average molecular weight is 302 g/mol. The fraction of sp³-hybridized carbons (Fsp3) is 0.857. The van der Waals surface area contributed by atoms with Crippen molar-refractivity contribution in [3.63, 3.8) is 0 Å². The molecule has 0 spiro atoms. The van der Waals surface area contributed by atoms with Gasteiger partial charge in [0.2, 0.25) is 5.91 Å². The smallest absolute Gasteiger partial charge is 0.237 e. The third-order valence-electron chi connectivity index (χ3n) is 3.24. The van der Waals surface area contributed by atoms with E-state index in [2.05, 4.69) is 16.0 Å². The molecule has 0 bridgehead atoms. The predicted molar refractivity (Wildman–Crippen MR) is 82.5 cm³/mol. The van der Waals surface area contributed by atoms with Crippen LogP contribution in [-0.2, 0) is 14.3 Å². The summed E-state index contributed by atoms with van der Waals surface area (Å²) >= 11 is 0. The summed E-state index contributed by atoms with van der Waals surface area (Å²) in [5.74, 6) is 0.00461. The molecule has 0 fully saturated rings. The third-order valence-corrected chi connectivity index (χ3v) is 3.24. The van der Waals surface area contributed by atoms with E-state index in [4.69, 9.17) is 10.5 Å². The molecule has 0 heterocycles.